The third-order valence-corrected chi connectivity index (χ3v) is 3.33. The van der Waals surface area contributed by atoms with E-state index in [0.29, 0.717) is 18.9 Å². The Morgan fingerprint density at radius 3 is 3.06 bits per heavy atom. The first-order valence-electron chi connectivity index (χ1n) is 5.61. The molecule has 0 N–H and O–H groups in total. The quantitative estimate of drug-likeness (QED) is 0.775. The van der Waals surface area contributed by atoms with Gasteiger partial charge in [0.25, 0.3) is 5.91 Å². The molecular weight excluding hydrogens is 246 g/mol. The van der Waals surface area contributed by atoms with E-state index in [-0.39, 0.29) is 5.91 Å². The molecule has 18 heavy (non-hydrogen) atoms. The molecule has 0 atom stereocenters. The molecule has 4 nitrogen and oxygen atoms in total. The molecule has 0 radical (unpaired) electrons. The number of nitrogens with zero attached hydrogens (tertiary/aromatic N) is 3. The Kier molecular flexibility index (Phi) is 3.94. The van der Waals surface area contributed by atoms with Crippen LogP contribution >= 0.6 is 11.3 Å². The summed E-state index contributed by atoms with van der Waals surface area (Å²) in [5, 5.41) is 4.05. The zero-order chi connectivity index (χ0) is 13.0. The SMILES string of the molecule is C=CCN(Cc1ccsc1)C(=O)c1nccn1C. The van der Waals surface area contributed by atoms with Gasteiger partial charge in [-0.15, -0.1) is 6.58 Å². The summed E-state index contributed by atoms with van der Waals surface area (Å²) in [6.07, 6.45) is 5.13. The first-order valence-corrected chi connectivity index (χ1v) is 6.55. The molecule has 94 valence electrons. The van der Waals surface area contributed by atoms with Crippen LogP contribution in [0.25, 0.3) is 0 Å². The summed E-state index contributed by atoms with van der Waals surface area (Å²) in [5.74, 6) is 0.376. The summed E-state index contributed by atoms with van der Waals surface area (Å²) in [6.45, 7) is 4.80. The predicted octanol–water partition coefficient (Wildman–Crippen LogP) is 2.31. The van der Waals surface area contributed by atoms with Gasteiger partial charge in [-0.2, -0.15) is 11.3 Å². The van der Waals surface area contributed by atoms with Gasteiger partial charge in [0.2, 0.25) is 0 Å². The van der Waals surface area contributed by atoms with Crippen molar-refractivity contribution in [3.63, 3.8) is 0 Å². The average Bonchev–Trinajstić information content (AvgIpc) is 2.99. The minimum atomic E-state index is -0.0754. The van der Waals surface area contributed by atoms with Crippen molar-refractivity contribution < 1.29 is 4.79 Å². The van der Waals surface area contributed by atoms with Crippen LogP contribution < -0.4 is 0 Å². The first-order chi connectivity index (χ1) is 8.72. The molecule has 0 saturated carbocycles. The van der Waals surface area contributed by atoms with E-state index < -0.39 is 0 Å². The van der Waals surface area contributed by atoms with Crippen LogP contribution in [0.4, 0.5) is 0 Å². The van der Waals surface area contributed by atoms with E-state index in [0.717, 1.165) is 5.56 Å². The van der Waals surface area contributed by atoms with Crippen molar-refractivity contribution >= 4 is 17.2 Å². The highest BCUT2D eigenvalue weighted by Gasteiger charge is 2.18. The number of carbonyl (C=O) groups excluding carboxylic acids is 1. The van der Waals surface area contributed by atoms with E-state index in [1.807, 2.05) is 23.9 Å². The molecule has 2 aromatic rings. The number of carbonyl (C=O) groups is 1. The number of hydrogen-bond acceptors (Lipinski definition) is 3. The van der Waals surface area contributed by atoms with Crippen molar-refractivity contribution in [2.75, 3.05) is 6.54 Å². The van der Waals surface area contributed by atoms with Crippen LogP contribution in [0, 0.1) is 0 Å². The highest BCUT2D eigenvalue weighted by Crippen LogP contribution is 2.11. The Bertz CT molecular complexity index is 530. The van der Waals surface area contributed by atoms with Crippen LogP contribution in [0.15, 0.2) is 41.9 Å². The molecule has 5 heteroatoms. The normalized spacial score (nSPS) is 10.3. The van der Waals surface area contributed by atoms with Gasteiger partial charge in [0.05, 0.1) is 0 Å². The third kappa shape index (κ3) is 2.68. The van der Waals surface area contributed by atoms with Crippen molar-refractivity contribution in [3.8, 4) is 0 Å². The van der Waals surface area contributed by atoms with Gasteiger partial charge in [-0.1, -0.05) is 6.08 Å². The number of hydrogen-bond donors (Lipinski definition) is 0. The first kappa shape index (κ1) is 12.6. The number of imidazole rings is 1. The van der Waals surface area contributed by atoms with Crippen LogP contribution in [-0.4, -0.2) is 26.9 Å². The van der Waals surface area contributed by atoms with Crippen LogP contribution in [0.2, 0.25) is 0 Å². The molecule has 2 aromatic heterocycles. The lowest BCUT2D eigenvalue weighted by atomic mass is 10.3. The van der Waals surface area contributed by atoms with Gasteiger partial charge in [-0.05, 0) is 22.4 Å². The number of thiophene rings is 1. The number of rotatable bonds is 5. The molecule has 0 aliphatic carbocycles. The highest BCUT2D eigenvalue weighted by molar-refractivity contribution is 7.07. The number of aromatic nitrogens is 2. The molecule has 0 aliphatic heterocycles. The van der Waals surface area contributed by atoms with Crippen LogP contribution in [0.5, 0.6) is 0 Å². The fourth-order valence-electron chi connectivity index (χ4n) is 1.69. The van der Waals surface area contributed by atoms with Gasteiger partial charge in [-0.25, -0.2) is 4.98 Å². The van der Waals surface area contributed by atoms with E-state index >= 15 is 0 Å². The second-order valence-electron chi connectivity index (χ2n) is 3.97. The van der Waals surface area contributed by atoms with Gasteiger partial charge in [0.15, 0.2) is 5.82 Å². The molecule has 0 aliphatic rings. The van der Waals surface area contributed by atoms with Crippen LogP contribution in [0.1, 0.15) is 16.2 Å². The lowest BCUT2D eigenvalue weighted by Gasteiger charge is -2.20. The molecule has 0 spiro atoms. The Morgan fingerprint density at radius 1 is 1.67 bits per heavy atom. The fourth-order valence-corrected chi connectivity index (χ4v) is 2.35. The van der Waals surface area contributed by atoms with Crippen molar-refractivity contribution in [2.45, 2.75) is 6.54 Å². The predicted molar refractivity (Wildman–Crippen MR) is 72.5 cm³/mol. The third-order valence-electron chi connectivity index (χ3n) is 2.60. The molecule has 0 bridgehead atoms. The second kappa shape index (κ2) is 5.64. The Balaban J connectivity index is 2.17. The Morgan fingerprint density at radius 2 is 2.50 bits per heavy atom. The molecule has 2 rings (SSSR count). The largest absolute Gasteiger partial charge is 0.330 e. The highest BCUT2D eigenvalue weighted by atomic mass is 32.1. The molecule has 2 heterocycles. The molecule has 0 saturated heterocycles. The van der Waals surface area contributed by atoms with Crippen LogP contribution in [-0.2, 0) is 13.6 Å². The zero-order valence-electron chi connectivity index (χ0n) is 10.2. The van der Waals surface area contributed by atoms with Crippen molar-refractivity contribution in [3.05, 3.63) is 53.3 Å². The van der Waals surface area contributed by atoms with Crippen LogP contribution in [0.3, 0.4) is 0 Å². The van der Waals surface area contributed by atoms with Gasteiger partial charge < -0.3 is 9.47 Å². The van der Waals surface area contributed by atoms with Gasteiger partial charge >= 0.3 is 0 Å². The maximum atomic E-state index is 12.3. The molecular formula is C13H15N3OS. The average molecular weight is 261 g/mol. The van der Waals surface area contributed by atoms with Gasteiger partial charge in [0, 0.05) is 32.5 Å². The van der Waals surface area contributed by atoms with Crippen molar-refractivity contribution in [2.24, 2.45) is 7.05 Å². The minimum Gasteiger partial charge on any atom is -0.330 e. The number of amides is 1. The van der Waals surface area contributed by atoms with Gasteiger partial charge in [0.1, 0.15) is 0 Å². The topological polar surface area (TPSA) is 38.1 Å². The summed E-state index contributed by atoms with van der Waals surface area (Å²) in [6, 6.07) is 2.02. The second-order valence-corrected chi connectivity index (χ2v) is 4.75. The summed E-state index contributed by atoms with van der Waals surface area (Å²) < 4.78 is 1.73. The number of aryl methyl sites for hydroxylation is 1. The summed E-state index contributed by atoms with van der Waals surface area (Å²) in [4.78, 5) is 18.2. The van der Waals surface area contributed by atoms with E-state index in [1.165, 1.54) is 0 Å². The molecule has 0 fully saturated rings. The maximum Gasteiger partial charge on any atom is 0.290 e. The smallest absolute Gasteiger partial charge is 0.290 e. The Hall–Kier alpha value is -1.88. The monoisotopic (exact) mass is 261 g/mol. The maximum absolute atomic E-state index is 12.3. The van der Waals surface area contributed by atoms with Gasteiger partial charge in [-0.3, -0.25) is 4.79 Å². The van der Waals surface area contributed by atoms with E-state index in [2.05, 4.69) is 11.6 Å². The van der Waals surface area contributed by atoms with E-state index in [4.69, 9.17) is 0 Å². The zero-order valence-corrected chi connectivity index (χ0v) is 11.1. The molecule has 0 aromatic carbocycles. The standard InChI is InChI=1S/C13H15N3OS/c1-3-6-16(9-11-4-8-18-10-11)13(17)12-14-5-7-15(12)2/h3-5,7-8,10H,1,6,9H2,2H3. The lowest BCUT2D eigenvalue weighted by Crippen LogP contribution is -2.32. The summed E-state index contributed by atoms with van der Waals surface area (Å²) >= 11 is 1.63. The Labute approximate surface area is 110 Å². The fraction of sp³-hybridized carbons (Fsp3) is 0.231. The van der Waals surface area contributed by atoms with Crippen molar-refractivity contribution in [1.29, 1.82) is 0 Å². The molecule has 0 unspecified atom stereocenters. The summed E-state index contributed by atoms with van der Waals surface area (Å²) in [7, 11) is 1.82. The van der Waals surface area contributed by atoms with E-state index in [9.17, 15) is 4.79 Å². The molecule has 1 amide bonds. The van der Waals surface area contributed by atoms with Crippen molar-refractivity contribution in [1.82, 2.24) is 14.5 Å². The lowest BCUT2D eigenvalue weighted by molar-refractivity contribution is 0.0747. The minimum absolute atomic E-state index is 0.0754. The summed E-state index contributed by atoms with van der Waals surface area (Å²) in [5.41, 5.74) is 1.13. The van der Waals surface area contributed by atoms with E-state index in [1.54, 1.807) is 39.3 Å².